The lowest BCUT2D eigenvalue weighted by Gasteiger charge is -2.06. The molecule has 0 aliphatic rings. The predicted molar refractivity (Wildman–Crippen MR) is 79.2 cm³/mol. The van der Waals surface area contributed by atoms with Crippen molar-refractivity contribution in [1.82, 2.24) is 19.1 Å². The van der Waals surface area contributed by atoms with E-state index in [-0.39, 0.29) is 11.2 Å². The second-order valence-electron chi connectivity index (χ2n) is 4.56. The smallest absolute Gasteiger partial charge is 0.331 e. The number of nitrogens with one attached hydrogen (secondary N) is 1. The topological polar surface area (TPSA) is 72.7 Å². The van der Waals surface area contributed by atoms with Crippen LogP contribution in [0.3, 0.4) is 0 Å². The summed E-state index contributed by atoms with van der Waals surface area (Å²) in [4.78, 5) is 32.8. The number of rotatable bonds is 3. The van der Waals surface area contributed by atoms with Crippen molar-refractivity contribution in [3.63, 3.8) is 0 Å². The van der Waals surface area contributed by atoms with Gasteiger partial charge in [0.15, 0.2) is 11.5 Å². The number of hydrogen-bond donors (Lipinski definition) is 1. The molecule has 3 rings (SSSR count). The second-order valence-corrected chi connectivity index (χ2v) is 5.51. The van der Waals surface area contributed by atoms with Gasteiger partial charge in [0, 0.05) is 13.6 Å². The summed E-state index contributed by atoms with van der Waals surface area (Å²) >= 11 is 1.53. The van der Waals surface area contributed by atoms with E-state index >= 15 is 0 Å². The fraction of sp³-hybridized carbons (Fsp3) is 0.308. The van der Waals surface area contributed by atoms with Gasteiger partial charge < -0.3 is 4.98 Å². The van der Waals surface area contributed by atoms with Crippen LogP contribution in [0.1, 0.15) is 13.3 Å². The van der Waals surface area contributed by atoms with Crippen LogP contribution in [0.5, 0.6) is 0 Å². The van der Waals surface area contributed by atoms with Crippen molar-refractivity contribution in [3.8, 4) is 10.7 Å². The molecule has 0 unspecified atom stereocenters. The largest absolute Gasteiger partial charge is 0.332 e. The van der Waals surface area contributed by atoms with E-state index in [0.29, 0.717) is 23.5 Å². The number of aromatic nitrogens is 4. The molecule has 1 N–H and O–H groups in total. The highest BCUT2D eigenvalue weighted by Gasteiger charge is 2.16. The summed E-state index contributed by atoms with van der Waals surface area (Å²) in [5, 5.41) is 1.94. The molecule has 0 saturated carbocycles. The summed E-state index contributed by atoms with van der Waals surface area (Å²) in [6, 6.07) is 3.85. The first-order valence-electron chi connectivity index (χ1n) is 6.37. The molecule has 6 nitrogen and oxygen atoms in total. The Morgan fingerprint density at radius 2 is 2.20 bits per heavy atom. The Bertz CT molecular complexity index is 870. The predicted octanol–water partition coefficient (Wildman–Crippen LogP) is 1.56. The van der Waals surface area contributed by atoms with Gasteiger partial charge in [0.1, 0.15) is 5.52 Å². The third kappa shape index (κ3) is 1.82. The molecule has 3 aromatic rings. The first kappa shape index (κ1) is 12.9. The van der Waals surface area contributed by atoms with E-state index in [1.54, 1.807) is 4.57 Å². The molecule has 3 heterocycles. The number of hydrogen-bond acceptors (Lipinski definition) is 4. The molecule has 0 aromatic carbocycles. The van der Waals surface area contributed by atoms with E-state index in [0.717, 1.165) is 15.9 Å². The van der Waals surface area contributed by atoms with Crippen LogP contribution in [-0.2, 0) is 13.6 Å². The van der Waals surface area contributed by atoms with E-state index in [2.05, 4.69) is 9.97 Å². The van der Waals surface area contributed by atoms with Crippen molar-refractivity contribution < 1.29 is 0 Å². The van der Waals surface area contributed by atoms with E-state index in [4.69, 9.17) is 0 Å². The summed E-state index contributed by atoms with van der Waals surface area (Å²) in [7, 11) is 1.49. The lowest BCUT2D eigenvalue weighted by molar-refractivity contribution is 0.611. The van der Waals surface area contributed by atoms with Crippen molar-refractivity contribution in [3.05, 3.63) is 38.4 Å². The highest BCUT2D eigenvalue weighted by atomic mass is 32.1. The maximum atomic E-state index is 12.2. The van der Waals surface area contributed by atoms with Crippen LogP contribution in [0, 0.1) is 0 Å². The van der Waals surface area contributed by atoms with Gasteiger partial charge >= 0.3 is 5.69 Å². The molecule has 0 spiro atoms. The Labute approximate surface area is 118 Å². The van der Waals surface area contributed by atoms with Gasteiger partial charge in [-0.15, -0.1) is 11.3 Å². The minimum Gasteiger partial charge on any atom is -0.331 e. The van der Waals surface area contributed by atoms with Crippen LogP contribution in [0.2, 0.25) is 0 Å². The van der Waals surface area contributed by atoms with Gasteiger partial charge in [-0.1, -0.05) is 13.0 Å². The molecule has 0 aliphatic carbocycles. The third-order valence-corrected chi connectivity index (χ3v) is 4.06. The van der Waals surface area contributed by atoms with Gasteiger partial charge in [-0.2, -0.15) is 0 Å². The van der Waals surface area contributed by atoms with E-state index in [1.165, 1.54) is 18.4 Å². The van der Waals surface area contributed by atoms with Gasteiger partial charge in [-0.3, -0.25) is 13.9 Å². The van der Waals surface area contributed by atoms with Gasteiger partial charge in [-0.05, 0) is 17.9 Å². The van der Waals surface area contributed by atoms with E-state index in [1.807, 2.05) is 24.4 Å². The minimum absolute atomic E-state index is 0.325. The zero-order valence-corrected chi connectivity index (χ0v) is 12.0. The summed E-state index contributed by atoms with van der Waals surface area (Å²) in [6.45, 7) is 2.52. The van der Waals surface area contributed by atoms with Crippen molar-refractivity contribution >= 4 is 22.5 Å². The van der Waals surface area contributed by atoms with Crippen LogP contribution < -0.4 is 11.2 Å². The maximum Gasteiger partial charge on any atom is 0.332 e. The summed E-state index contributed by atoms with van der Waals surface area (Å²) in [6.07, 6.45) is 0.800. The Hall–Kier alpha value is -2.15. The molecule has 0 atom stereocenters. The highest BCUT2D eigenvalue weighted by molar-refractivity contribution is 7.13. The Balaban J connectivity index is 2.38. The first-order chi connectivity index (χ1) is 9.63. The van der Waals surface area contributed by atoms with Gasteiger partial charge in [-0.25, -0.2) is 9.78 Å². The molecule has 0 radical (unpaired) electrons. The number of imidazole rings is 1. The summed E-state index contributed by atoms with van der Waals surface area (Å²) in [5.41, 5.74) is 0.147. The SMILES string of the molecule is CCCn1c(=O)n(C)c(=O)c2[nH]c(-c3cccs3)nc21. The zero-order valence-electron chi connectivity index (χ0n) is 11.2. The lowest BCUT2D eigenvalue weighted by Crippen LogP contribution is -2.38. The second kappa shape index (κ2) is 4.75. The maximum absolute atomic E-state index is 12.2. The minimum atomic E-state index is -0.340. The molecular weight excluding hydrogens is 276 g/mol. The number of fused-ring (bicyclic) bond motifs is 1. The normalized spacial score (nSPS) is 11.3. The van der Waals surface area contributed by atoms with Crippen molar-refractivity contribution in [2.75, 3.05) is 0 Å². The first-order valence-corrected chi connectivity index (χ1v) is 7.25. The molecular formula is C13H14N4O2S. The zero-order chi connectivity index (χ0) is 14.3. The Kier molecular flexibility index (Phi) is 3.06. The molecule has 104 valence electrons. The van der Waals surface area contributed by atoms with Crippen molar-refractivity contribution in [2.24, 2.45) is 7.05 Å². The number of nitrogens with zero attached hydrogens (tertiary/aromatic N) is 3. The average molecular weight is 290 g/mol. The number of aromatic amines is 1. The molecule has 0 fully saturated rings. The van der Waals surface area contributed by atoms with Crippen LogP contribution in [0.15, 0.2) is 27.1 Å². The van der Waals surface area contributed by atoms with E-state index in [9.17, 15) is 9.59 Å². The lowest BCUT2D eigenvalue weighted by atomic mass is 10.4. The molecule has 0 saturated heterocycles. The Morgan fingerprint density at radius 3 is 2.85 bits per heavy atom. The molecule has 3 aromatic heterocycles. The molecule has 7 heteroatoms. The third-order valence-electron chi connectivity index (χ3n) is 3.18. The number of thiophene rings is 1. The molecule has 0 aliphatic heterocycles. The fourth-order valence-electron chi connectivity index (χ4n) is 2.19. The highest BCUT2D eigenvalue weighted by Crippen LogP contribution is 2.22. The van der Waals surface area contributed by atoms with Crippen LogP contribution >= 0.6 is 11.3 Å². The summed E-state index contributed by atoms with van der Waals surface area (Å²) in [5.74, 6) is 0.627. The molecule has 0 amide bonds. The quantitative estimate of drug-likeness (QED) is 0.795. The number of aryl methyl sites for hydroxylation is 1. The average Bonchev–Trinajstić information content (AvgIpc) is 3.09. The van der Waals surface area contributed by atoms with Crippen LogP contribution in [0.4, 0.5) is 0 Å². The van der Waals surface area contributed by atoms with Gasteiger partial charge in [0.05, 0.1) is 4.88 Å². The van der Waals surface area contributed by atoms with E-state index < -0.39 is 0 Å². The van der Waals surface area contributed by atoms with Crippen molar-refractivity contribution in [1.29, 1.82) is 0 Å². The van der Waals surface area contributed by atoms with Crippen LogP contribution in [0.25, 0.3) is 21.9 Å². The Morgan fingerprint density at radius 1 is 1.40 bits per heavy atom. The standard InChI is InChI=1S/C13H14N4O2S/c1-3-6-17-11-9(12(18)16(2)13(17)19)14-10(15-11)8-5-4-7-20-8/h4-5,7H,3,6H2,1-2H3,(H,14,15). The molecule has 0 bridgehead atoms. The monoisotopic (exact) mass is 290 g/mol. The fourth-order valence-corrected chi connectivity index (χ4v) is 2.86. The van der Waals surface area contributed by atoms with Gasteiger partial charge in [0.25, 0.3) is 5.56 Å². The number of H-pyrrole nitrogens is 1. The van der Waals surface area contributed by atoms with Crippen LogP contribution in [-0.4, -0.2) is 19.1 Å². The van der Waals surface area contributed by atoms with Crippen molar-refractivity contribution in [2.45, 2.75) is 19.9 Å². The molecule has 20 heavy (non-hydrogen) atoms. The summed E-state index contributed by atoms with van der Waals surface area (Å²) < 4.78 is 2.67. The van der Waals surface area contributed by atoms with Gasteiger partial charge in [0.2, 0.25) is 0 Å².